The second kappa shape index (κ2) is 10.1. The molecule has 1 spiro atoms. The number of fused-ring (bicyclic) bond motifs is 1. The first-order valence-corrected chi connectivity index (χ1v) is 13.9. The highest BCUT2D eigenvalue weighted by Gasteiger charge is 2.44. The van der Waals surface area contributed by atoms with Crippen molar-refractivity contribution in [2.75, 3.05) is 31.1 Å². The largest absolute Gasteiger partial charge is 0.383 e. The Labute approximate surface area is 233 Å². The molecule has 4 aromatic heterocycles. The predicted octanol–water partition coefficient (Wildman–Crippen LogP) is 3.50. The van der Waals surface area contributed by atoms with Gasteiger partial charge in [-0.2, -0.15) is 15.5 Å². The summed E-state index contributed by atoms with van der Waals surface area (Å²) in [7, 11) is 1.88. The predicted molar refractivity (Wildman–Crippen MR) is 151 cm³/mol. The molecule has 206 valence electrons. The van der Waals surface area contributed by atoms with Gasteiger partial charge in [0.25, 0.3) is 5.91 Å². The zero-order chi connectivity index (χ0) is 28.0. The normalized spacial score (nSPS) is 20.0. The van der Waals surface area contributed by atoms with Crippen LogP contribution < -0.4 is 4.90 Å². The van der Waals surface area contributed by atoms with Gasteiger partial charge in [0, 0.05) is 79.5 Å². The van der Waals surface area contributed by atoms with Gasteiger partial charge in [-0.3, -0.25) is 9.48 Å². The Bertz CT molecular complexity index is 1600. The van der Waals surface area contributed by atoms with Crippen LogP contribution in [0.2, 0.25) is 0 Å². The molecule has 2 aliphatic rings. The molecule has 0 bridgehead atoms. The highest BCUT2D eigenvalue weighted by atomic mass is 16.3. The Kier molecular flexibility index (Phi) is 6.55. The highest BCUT2D eigenvalue weighted by molar-refractivity contribution is 5.87. The lowest BCUT2D eigenvalue weighted by atomic mass is 9.79. The Morgan fingerprint density at radius 3 is 2.60 bits per heavy atom. The average Bonchev–Trinajstić information content (AvgIpc) is 3.70. The number of aryl methyl sites for hydroxylation is 1. The van der Waals surface area contributed by atoms with E-state index in [1.54, 1.807) is 15.4 Å². The number of aliphatic hydroxyl groups excluding tert-OH is 1. The van der Waals surface area contributed by atoms with Crippen LogP contribution in [0.4, 0.5) is 5.82 Å². The number of rotatable bonds is 5. The maximum atomic E-state index is 12.8. The monoisotopic (exact) mass is 538 g/mol. The molecule has 0 aliphatic carbocycles. The van der Waals surface area contributed by atoms with Gasteiger partial charge >= 0.3 is 0 Å². The van der Waals surface area contributed by atoms with Gasteiger partial charge in [0.05, 0.1) is 23.5 Å². The summed E-state index contributed by atoms with van der Waals surface area (Å²) in [6.45, 7) is 6.88. The zero-order valence-corrected chi connectivity index (χ0v) is 23.2. The molecule has 6 heterocycles. The van der Waals surface area contributed by atoms with Gasteiger partial charge in [-0.25, -0.2) is 9.50 Å². The quantitative estimate of drug-likeness (QED) is 0.413. The molecule has 40 heavy (non-hydrogen) atoms. The minimum Gasteiger partial charge on any atom is -0.383 e. The first kappa shape index (κ1) is 26.0. The highest BCUT2D eigenvalue weighted by Crippen LogP contribution is 2.41. The summed E-state index contributed by atoms with van der Waals surface area (Å²) in [5, 5.41) is 28.8. The van der Waals surface area contributed by atoms with Crippen molar-refractivity contribution in [3.8, 4) is 28.3 Å². The van der Waals surface area contributed by atoms with Gasteiger partial charge < -0.3 is 14.9 Å². The van der Waals surface area contributed by atoms with Crippen LogP contribution >= 0.6 is 0 Å². The average molecular weight is 539 g/mol. The molecule has 6 rings (SSSR count). The van der Waals surface area contributed by atoms with Gasteiger partial charge in [0.2, 0.25) is 0 Å². The summed E-state index contributed by atoms with van der Waals surface area (Å²) >= 11 is 0. The fraction of sp³-hybridized carbons (Fsp3) is 0.433. The molecule has 1 amide bonds. The molecular formula is C30H34N8O2. The number of aliphatic hydroxyl groups is 1. The molecule has 2 saturated heterocycles. The summed E-state index contributed by atoms with van der Waals surface area (Å²) in [4.78, 5) is 21.8. The number of hydrogen-bond donors (Lipinski definition) is 1. The molecule has 0 saturated carbocycles. The van der Waals surface area contributed by atoms with Crippen LogP contribution in [0.1, 0.15) is 38.7 Å². The van der Waals surface area contributed by atoms with E-state index in [1.807, 2.05) is 56.6 Å². The van der Waals surface area contributed by atoms with Crippen molar-refractivity contribution in [3.05, 3.63) is 54.7 Å². The lowest BCUT2D eigenvalue weighted by Gasteiger charge is -2.41. The van der Waals surface area contributed by atoms with Gasteiger partial charge in [-0.05, 0) is 43.4 Å². The Morgan fingerprint density at radius 1 is 1.05 bits per heavy atom. The van der Waals surface area contributed by atoms with Crippen molar-refractivity contribution in [1.82, 2.24) is 29.3 Å². The zero-order valence-electron chi connectivity index (χ0n) is 23.2. The van der Waals surface area contributed by atoms with Crippen LogP contribution in [0.15, 0.2) is 49.2 Å². The minimum absolute atomic E-state index is 0.0223. The van der Waals surface area contributed by atoms with Crippen LogP contribution in [-0.4, -0.2) is 72.6 Å². The number of aromatic nitrogens is 5. The second-order valence-corrected chi connectivity index (χ2v) is 11.6. The summed E-state index contributed by atoms with van der Waals surface area (Å²) in [6, 6.07) is 8.44. The summed E-state index contributed by atoms with van der Waals surface area (Å²) < 4.78 is 3.51. The number of piperidine rings is 1. The first-order chi connectivity index (χ1) is 19.3. The number of amides is 1. The Balaban J connectivity index is 1.26. The van der Waals surface area contributed by atoms with Crippen molar-refractivity contribution >= 4 is 17.2 Å². The summed E-state index contributed by atoms with van der Waals surface area (Å²) in [5.74, 6) is 0.666. The molecule has 0 unspecified atom stereocenters. The Hall–Kier alpha value is -4.23. The van der Waals surface area contributed by atoms with E-state index in [1.165, 1.54) is 0 Å². The number of likely N-dealkylation sites (tertiary alicyclic amines) is 1. The van der Waals surface area contributed by atoms with E-state index in [2.05, 4.69) is 33.3 Å². The number of hydrogen-bond acceptors (Lipinski definition) is 7. The van der Waals surface area contributed by atoms with E-state index in [0.717, 1.165) is 65.9 Å². The molecule has 2 aliphatic heterocycles. The maximum Gasteiger partial charge on any atom is 0.251 e. The smallest absolute Gasteiger partial charge is 0.251 e. The lowest BCUT2D eigenvalue weighted by molar-refractivity contribution is -0.141. The van der Waals surface area contributed by atoms with Crippen LogP contribution in [-0.2, 0) is 11.8 Å². The molecule has 1 N–H and O–H groups in total. The summed E-state index contributed by atoms with van der Waals surface area (Å²) in [5.41, 5.74) is 5.00. The van der Waals surface area contributed by atoms with Gasteiger partial charge in [0.15, 0.2) is 0 Å². The molecule has 2 fully saturated rings. The number of carbonyl (C=O) groups is 1. The third kappa shape index (κ3) is 4.60. The molecule has 10 nitrogen and oxygen atoms in total. The molecule has 0 aromatic carbocycles. The van der Waals surface area contributed by atoms with E-state index in [9.17, 15) is 15.2 Å². The number of carbonyl (C=O) groups excluding carboxylic acids is 1. The second-order valence-electron chi connectivity index (χ2n) is 11.6. The number of anilines is 1. The van der Waals surface area contributed by atoms with Crippen LogP contribution in [0.25, 0.3) is 27.8 Å². The third-order valence-corrected chi connectivity index (χ3v) is 8.45. The number of nitrogens with zero attached hydrogens (tertiary/aromatic N) is 8. The number of pyridine rings is 2. The van der Waals surface area contributed by atoms with Gasteiger partial charge in [0.1, 0.15) is 18.0 Å². The molecule has 10 heteroatoms. The van der Waals surface area contributed by atoms with E-state index < -0.39 is 6.10 Å². The van der Waals surface area contributed by atoms with Crippen molar-refractivity contribution < 1.29 is 9.90 Å². The van der Waals surface area contributed by atoms with Gasteiger partial charge in [-0.15, -0.1) is 0 Å². The molecular weight excluding hydrogens is 504 g/mol. The topological polar surface area (TPSA) is 116 Å². The van der Waals surface area contributed by atoms with E-state index in [4.69, 9.17) is 4.98 Å². The molecule has 4 aromatic rings. The standard InChI is InChI=1S/C30H34N8O2/c1-20(2)28(39)29(40)37-10-8-30(19-37)7-4-9-36(18-30)26-6-5-21(13-32-26)25-11-22(24-15-33-35(3)16-24)17-38-27(25)23(12-31)14-34-38/h5-6,11,13-17,20,28,39H,4,7-10,18-19H2,1-3H3/t28-,30-/m1/s1. The first-order valence-electron chi connectivity index (χ1n) is 13.9. The SMILES string of the molecule is CC(C)[C@@H](O)C(=O)N1CC[C@@]2(CCCN(c3ccc(-c4cc(-c5cnn(C)c5)cn5ncc(C#N)c45)cn3)C2)C1. The lowest BCUT2D eigenvalue weighted by Crippen LogP contribution is -2.47. The van der Waals surface area contributed by atoms with Crippen molar-refractivity contribution in [2.45, 2.75) is 39.2 Å². The van der Waals surface area contributed by atoms with Crippen LogP contribution in [0.3, 0.4) is 0 Å². The van der Waals surface area contributed by atoms with Crippen molar-refractivity contribution in [3.63, 3.8) is 0 Å². The van der Waals surface area contributed by atoms with Crippen molar-refractivity contribution in [1.29, 1.82) is 5.26 Å². The maximum absolute atomic E-state index is 12.8. The molecule has 0 radical (unpaired) electrons. The van der Waals surface area contributed by atoms with E-state index in [-0.39, 0.29) is 17.2 Å². The van der Waals surface area contributed by atoms with Gasteiger partial charge in [-0.1, -0.05) is 13.8 Å². The summed E-state index contributed by atoms with van der Waals surface area (Å²) in [6.07, 6.45) is 11.3. The van der Waals surface area contributed by atoms with Crippen molar-refractivity contribution in [2.24, 2.45) is 18.4 Å². The minimum atomic E-state index is -0.940. The number of nitriles is 1. The fourth-order valence-electron chi connectivity index (χ4n) is 6.22. The van der Waals surface area contributed by atoms with E-state index >= 15 is 0 Å². The fourth-order valence-corrected chi connectivity index (χ4v) is 6.22. The third-order valence-electron chi connectivity index (χ3n) is 8.45. The van der Waals surface area contributed by atoms with Crippen LogP contribution in [0, 0.1) is 22.7 Å². The van der Waals surface area contributed by atoms with E-state index in [0.29, 0.717) is 18.7 Å². The van der Waals surface area contributed by atoms with Crippen LogP contribution in [0.5, 0.6) is 0 Å². The Morgan fingerprint density at radius 2 is 1.90 bits per heavy atom. The molecule has 2 atom stereocenters.